The number of nitrogens with one attached hydrogen (secondary N) is 1. The first kappa shape index (κ1) is 13.3. The fraction of sp³-hybridized carbons (Fsp3) is 1.00. The summed E-state index contributed by atoms with van der Waals surface area (Å²) < 4.78 is 0. The molecular formula is C12H25NOS. The average molecular weight is 231 g/mol. The van der Waals surface area contributed by atoms with Crippen molar-refractivity contribution in [3.05, 3.63) is 0 Å². The second kappa shape index (κ2) is 5.55. The van der Waals surface area contributed by atoms with Crippen molar-refractivity contribution in [1.29, 1.82) is 0 Å². The Bertz CT molecular complexity index is 194. The van der Waals surface area contributed by atoms with Gasteiger partial charge >= 0.3 is 0 Å². The van der Waals surface area contributed by atoms with E-state index >= 15 is 0 Å². The van der Waals surface area contributed by atoms with E-state index in [0.29, 0.717) is 17.5 Å². The highest BCUT2D eigenvalue weighted by Gasteiger charge is 2.33. The summed E-state index contributed by atoms with van der Waals surface area (Å²) in [6.07, 6.45) is 1.93. The van der Waals surface area contributed by atoms with Crippen LogP contribution in [0.15, 0.2) is 0 Å². The van der Waals surface area contributed by atoms with Crippen LogP contribution in [0.1, 0.15) is 40.5 Å². The predicted molar refractivity (Wildman–Crippen MR) is 68.4 cm³/mol. The number of thioether (sulfide) groups is 1. The highest BCUT2D eigenvalue weighted by Crippen LogP contribution is 2.34. The lowest BCUT2D eigenvalue weighted by molar-refractivity contribution is 0.155. The summed E-state index contributed by atoms with van der Waals surface area (Å²) in [5, 5.41) is 13.0. The van der Waals surface area contributed by atoms with Crippen molar-refractivity contribution in [2.75, 3.05) is 11.5 Å². The summed E-state index contributed by atoms with van der Waals surface area (Å²) in [5.74, 6) is 2.49. The minimum absolute atomic E-state index is 0.202. The van der Waals surface area contributed by atoms with E-state index in [1.165, 1.54) is 17.9 Å². The third kappa shape index (κ3) is 4.33. The van der Waals surface area contributed by atoms with E-state index in [9.17, 15) is 5.11 Å². The third-order valence-electron chi connectivity index (χ3n) is 3.30. The van der Waals surface area contributed by atoms with Crippen molar-refractivity contribution < 1.29 is 5.11 Å². The van der Waals surface area contributed by atoms with Crippen LogP contribution in [0.3, 0.4) is 0 Å². The molecule has 0 saturated carbocycles. The van der Waals surface area contributed by atoms with Crippen LogP contribution < -0.4 is 5.32 Å². The highest BCUT2D eigenvalue weighted by atomic mass is 32.2. The van der Waals surface area contributed by atoms with Crippen molar-refractivity contribution in [2.45, 2.75) is 58.7 Å². The number of rotatable bonds is 4. The summed E-state index contributed by atoms with van der Waals surface area (Å²) in [4.78, 5) is 0. The second-order valence-corrected chi connectivity index (χ2v) is 6.67. The van der Waals surface area contributed by atoms with Crippen molar-refractivity contribution >= 4 is 11.8 Å². The Morgan fingerprint density at radius 3 is 2.67 bits per heavy atom. The smallest absolute Gasteiger partial charge is 0.0526 e. The maximum atomic E-state index is 9.34. The van der Waals surface area contributed by atoms with E-state index in [0.717, 1.165) is 6.42 Å². The molecule has 0 aromatic rings. The van der Waals surface area contributed by atoms with Gasteiger partial charge in [0.15, 0.2) is 0 Å². The van der Waals surface area contributed by atoms with Gasteiger partial charge in [-0.05, 0) is 37.9 Å². The molecular weight excluding hydrogens is 206 g/mol. The topological polar surface area (TPSA) is 32.3 Å². The molecule has 2 nitrogen and oxygen atoms in total. The molecule has 90 valence electrons. The van der Waals surface area contributed by atoms with E-state index in [-0.39, 0.29) is 6.10 Å². The minimum atomic E-state index is -0.202. The van der Waals surface area contributed by atoms with Gasteiger partial charge in [-0.25, -0.2) is 0 Å². The molecule has 0 amide bonds. The lowest BCUT2D eigenvalue weighted by atomic mass is 9.82. The van der Waals surface area contributed by atoms with Crippen molar-refractivity contribution in [1.82, 2.24) is 5.32 Å². The molecule has 15 heavy (non-hydrogen) atoms. The quantitative estimate of drug-likeness (QED) is 0.778. The van der Waals surface area contributed by atoms with Gasteiger partial charge < -0.3 is 10.4 Å². The molecule has 3 atom stereocenters. The van der Waals surface area contributed by atoms with E-state index in [2.05, 4.69) is 26.1 Å². The van der Waals surface area contributed by atoms with E-state index in [4.69, 9.17) is 0 Å². The summed E-state index contributed by atoms with van der Waals surface area (Å²) in [6.45, 7) is 8.72. The zero-order chi connectivity index (χ0) is 11.5. The van der Waals surface area contributed by atoms with Gasteiger partial charge in [-0.3, -0.25) is 0 Å². The van der Waals surface area contributed by atoms with Crippen LogP contribution in [-0.4, -0.2) is 34.8 Å². The van der Waals surface area contributed by atoms with Gasteiger partial charge in [0.2, 0.25) is 0 Å². The fourth-order valence-corrected chi connectivity index (χ4v) is 3.75. The SMILES string of the molecule is CC(O)CC(C)NC1CSCCC1(C)C. The molecule has 0 bridgehead atoms. The largest absolute Gasteiger partial charge is 0.393 e. The highest BCUT2D eigenvalue weighted by molar-refractivity contribution is 7.99. The zero-order valence-corrected chi connectivity index (χ0v) is 11.2. The number of hydrogen-bond donors (Lipinski definition) is 2. The number of hydrogen-bond acceptors (Lipinski definition) is 3. The van der Waals surface area contributed by atoms with Gasteiger partial charge in [0.25, 0.3) is 0 Å². The molecule has 1 fully saturated rings. The lowest BCUT2D eigenvalue weighted by Crippen LogP contribution is -2.50. The lowest BCUT2D eigenvalue weighted by Gasteiger charge is -2.40. The van der Waals surface area contributed by atoms with Crippen LogP contribution in [0, 0.1) is 5.41 Å². The Labute approximate surface area is 98.2 Å². The Morgan fingerprint density at radius 2 is 2.13 bits per heavy atom. The molecule has 0 aliphatic carbocycles. The standard InChI is InChI=1S/C12H25NOS/c1-9(7-10(2)14)13-11-8-15-6-5-12(11,3)4/h9-11,13-14H,5-8H2,1-4H3. The number of aliphatic hydroxyl groups is 1. The Balaban J connectivity index is 2.41. The molecule has 1 aliphatic heterocycles. The Kier molecular flexibility index (Phi) is 4.94. The monoisotopic (exact) mass is 231 g/mol. The van der Waals surface area contributed by atoms with Crippen LogP contribution in [0.25, 0.3) is 0 Å². The first-order chi connectivity index (χ1) is 6.92. The molecule has 0 aromatic carbocycles. The molecule has 1 rings (SSSR count). The van der Waals surface area contributed by atoms with Gasteiger partial charge in [-0.15, -0.1) is 0 Å². The molecule has 0 radical (unpaired) electrons. The van der Waals surface area contributed by atoms with Crippen LogP contribution in [0.4, 0.5) is 0 Å². The molecule has 2 N–H and O–H groups in total. The van der Waals surface area contributed by atoms with Crippen LogP contribution >= 0.6 is 11.8 Å². The number of aliphatic hydroxyl groups excluding tert-OH is 1. The van der Waals surface area contributed by atoms with E-state index in [1.54, 1.807) is 0 Å². The fourth-order valence-electron chi connectivity index (χ4n) is 2.13. The van der Waals surface area contributed by atoms with Crippen LogP contribution in [-0.2, 0) is 0 Å². The van der Waals surface area contributed by atoms with Gasteiger partial charge in [0.1, 0.15) is 0 Å². The molecule has 1 saturated heterocycles. The molecule has 3 heteroatoms. The first-order valence-corrected chi connectivity index (χ1v) is 7.09. The van der Waals surface area contributed by atoms with Crippen LogP contribution in [0.2, 0.25) is 0 Å². The van der Waals surface area contributed by atoms with Gasteiger partial charge in [0, 0.05) is 17.8 Å². The summed E-state index contributed by atoms with van der Waals surface area (Å²) in [6, 6.07) is 0.998. The summed E-state index contributed by atoms with van der Waals surface area (Å²) >= 11 is 2.04. The minimum Gasteiger partial charge on any atom is -0.393 e. The normalized spacial score (nSPS) is 29.8. The van der Waals surface area contributed by atoms with Crippen molar-refractivity contribution in [3.8, 4) is 0 Å². The molecule has 0 spiro atoms. The zero-order valence-electron chi connectivity index (χ0n) is 10.4. The third-order valence-corrected chi connectivity index (χ3v) is 4.36. The first-order valence-electron chi connectivity index (χ1n) is 5.93. The molecule has 1 aliphatic rings. The maximum Gasteiger partial charge on any atom is 0.0526 e. The molecule has 1 heterocycles. The average Bonchev–Trinajstić information content (AvgIpc) is 2.07. The van der Waals surface area contributed by atoms with Gasteiger partial charge in [0.05, 0.1) is 6.10 Å². The maximum absolute atomic E-state index is 9.34. The molecule has 3 unspecified atom stereocenters. The summed E-state index contributed by atoms with van der Waals surface area (Å²) in [5.41, 5.74) is 0.401. The van der Waals surface area contributed by atoms with Gasteiger partial charge in [-0.2, -0.15) is 11.8 Å². The Morgan fingerprint density at radius 1 is 1.47 bits per heavy atom. The van der Waals surface area contributed by atoms with Crippen molar-refractivity contribution in [3.63, 3.8) is 0 Å². The Hall–Kier alpha value is 0.270. The van der Waals surface area contributed by atoms with E-state index < -0.39 is 0 Å². The van der Waals surface area contributed by atoms with E-state index in [1.807, 2.05) is 18.7 Å². The summed E-state index contributed by atoms with van der Waals surface area (Å²) in [7, 11) is 0. The predicted octanol–water partition coefficient (Wildman–Crippen LogP) is 2.27. The molecule has 0 aromatic heterocycles. The van der Waals surface area contributed by atoms with Gasteiger partial charge in [-0.1, -0.05) is 13.8 Å². The van der Waals surface area contributed by atoms with Crippen LogP contribution in [0.5, 0.6) is 0 Å². The van der Waals surface area contributed by atoms with Crippen molar-refractivity contribution in [2.24, 2.45) is 5.41 Å². The second-order valence-electron chi connectivity index (χ2n) is 5.52.